The van der Waals surface area contributed by atoms with E-state index in [1.807, 2.05) is 0 Å². The molecule has 2 atom stereocenters. The summed E-state index contributed by atoms with van der Waals surface area (Å²) in [6.07, 6.45) is 1.29. The molecule has 0 aliphatic rings. The summed E-state index contributed by atoms with van der Waals surface area (Å²) in [5.41, 5.74) is 0. The van der Waals surface area contributed by atoms with Crippen molar-refractivity contribution in [2.24, 2.45) is 0 Å². The van der Waals surface area contributed by atoms with E-state index >= 15 is 0 Å². The molecule has 0 heterocycles. The highest BCUT2D eigenvalue weighted by molar-refractivity contribution is 7.16. The van der Waals surface area contributed by atoms with E-state index in [1.165, 1.54) is 0 Å². The van der Waals surface area contributed by atoms with E-state index in [4.69, 9.17) is 19.3 Å². The number of hydrogen-bond donors (Lipinski definition) is 2. The zero-order valence-corrected chi connectivity index (χ0v) is 7.49. The summed E-state index contributed by atoms with van der Waals surface area (Å²) in [7, 11) is -1.17. The van der Waals surface area contributed by atoms with Crippen molar-refractivity contribution in [3.8, 4) is 0 Å². The van der Waals surface area contributed by atoms with Crippen molar-refractivity contribution < 1.29 is 19.3 Å². The van der Waals surface area contributed by atoms with Gasteiger partial charge < -0.3 is 9.84 Å². The van der Waals surface area contributed by atoms with E-state index in [0.717, 1.165) is 0 Å². The van der Waals surface area contributed by atoms with Gasteiger partial charge in [0.2, 0.25) is 0 Å². The lowest BCUT2D eigenvalue weighted by molar-refractivity contribution is 0.0599. The van der Waals surface area contributed by atoms with Gasteiger partial charge in [0.1, 0.15) is 0 Å². The Labute approximate surface area is 67.8 Å². The van der Waals surface area contributed by atoms with Gasteiger partial charge in [-0.15, -0.1) is 6.58 Å². The van der Waals surface area contributed by atoms with Crippen LogP contribution in [0.15, 0.2) is 12.7 Å². The van der Waals surface area contributed by atoms with E-state index < -0.39 is 8.69 Å². The Bertz CT molecular complexity index is 94.6. The fourth-order valence-electron chi connectivity index (χ4n) is 0.322. The van der Waals surface area contributed by atoms with Gasteiger partial charge in [-0.1, -0.05) is 6.08 Å². The van der Waals surface area contributed by atoms with E-state index in [-0.39, 0.29) is 6.10 Å². The Hall–Kier alpha value is -0.280. The van der Waals surface area contributed by atoms with Crippen molar-refractivity contribution in [3.05, 3.63) is 12.7 Å². The summed E-state index contributed by atoms with van der Waals surface area (Å²) in [5.74, 6) is 0. The molecule has 0 saturated carbocycles. The molecule has 2 unspecified atom stereocenters. The molecule has 0 radical (unpaired) electrons. The van der Waals surface area contributed by atoms with Crippen molar-refractivity contribution >= 4 is 8.69 Å². The zero-order valence-electron chi connectivity index (χ0n) is 6.49. The highest BCUT2D eigenvalue weighted by Crippen LogP contribution is 1.81. The van der Waals surface area contributed by atoms with Crippen LogP contribution in [0.2, 0.25) is 0 Å². The maximum absolute atomic E-state index is 8.62. The van der Waals surface area contributed by atoms with Gasteiger partial charge in [-0.05, 0) is 11.5 Å². The first kappa shape index (κ1) is 13.3. The molecular formula is C6H14O4P+. The fraction of sp³-hybridized carbons (Fsp3) is 0.667. The molecule has 66 valence electrons. The van der Waals surface area contributed by atoms with E-state index in [0.29, 0.717) is 13.2 Å². The minimum Gasteiger partial charge on any atom is -0.391 e. The average molecular weight is 181 g/mol. The summed E-state index contributed by atoms with van der Waals surface area (Å²) >= 11 is 0. The lowest BCUT2D eigenvalue weighted by atomic mass is 10.4. The maximum atomic E-state index is 8.62. The highest BCUT2D eigenvalue weighted by atomic mass is 31.1. The predicted octanol–water partition coefficient (Wildman–Crippen LogP) is 0.487. The van der Waals surface area contributed by atoms with Crippen LogP contribution in [0.5, 0.6) is 0 Å². The van der Waals surface area contributed by atoms with Crippen LogP contribution >= 0.6 is 8.69 Å². The van der Waals surface area contributed by atoms with E-state index in [1.54, 1.807) is 13.0 Å². The second-order valence-electron chi connectivity index (χ2n) is 1.77. The normalized spacial score (nSPS) is 11.5. The predicted molar refractivity (Wildman–Crippen MR) is 43.9 cm³/mol. The minimum atomic E-state index is -1.17. The number of aliphatic hydroxyl groups excluding tert-OH is 1. The first-order valence-corrected chi connectivity index (χ1v) is 3.92. The van der Waals surface area contributed by atoms with Crippen LogP contribution in [0.25, 0.3) is 0 Å². The number of aliphatic hydroxyl groups is 1. The standard InChI is InChI=1S/C6H12O2.HO2P/c1-3-4-8-5-6(2)7;1-3-2/h3,6-7H,1,4-5H2,2H3;3H/p+1. The van der Waals surface area contributed by atoms with E-state index in [9.17, 15) is 0 Å². The smallest absolute Gasteiger partial charge is 0.391 e. The molecule has 0 saturated heterocycles. The topological polar surface area (TPSA) is 66.8 Å². The second kappa shape index (κ2) is 12.4. The van der Waals surface area contributed by atoms with Crippen molar-refractivity contribution in [1.29, 1.82) is 0 Å². The number of hydrogen-bond acceptors (Lipinski definition) is 3. The van der Waals surface area contributed by atoms with Crippen molar-refractivity contribution in [1.82, 2.24) is 0 Å². The monoisotopic (exact) mass is 181 g/mol. The van der Waals surface area contributed by atoms with Gasteiger partial charge in [0.15, 0.2) is 0 Å². The third kappa shape index (κ3) is 26.0. The molecule has 0 aromatic heterocycles. The Balaban J connectivity index is 0. The average Bonchev–Trinajstić information content (AvgIpc) is 1.89. The third-order valence-corrected chi connectivity index (χ3v) is 0.595. The third-order valence-electron chi connectivity index (χ3n) is 0.595. The summed E-state index contributed by atoms with van der Waals surface area (Å²) in [6.45, 7) is 6.05. The summed E-state index contributed by atoms with van der Waals surface area (Å²) in [5, 5.41) is 8.62. The molecule has 0 bridgehead atoms. The largest absolute Gasteiger partial charge is 0.491 e. The molecule has 0 aromatic rings. The Morgan fingerprint density at radius 3 is 2.55 bits per heavy atom. The van der Waals surface area contributed by atoms with Crippen molar-refractivity contribution in [3.63, 3.8) is 0 Å². The van der Waals surface area contributed by atoms with Crippen LogP contribution in [-0.2, 0) is 9.30 Å². The molecule has 4 nitrogen and oxygen atoms in total. The van der Waals surface area contributed by atoms with Gasteiger partial charge in [-0.2, -0.15) is 4.89 Å². The van der Waals surface area contributed by atoms with Crippen LogP contribution in [0, 0.1) is 0 Å². The van der Waals surface area contributed by atoms with Crippen LogP contribution in [0.3, 0.4) is 0 Å². The Morgan fingerprint density at radius 1 is 1.82 bits per heavy atom. The molecule has 11 heavy (non-hydrogen) atoms. The number of rotatable bonds is 4. The quantitative estimate of drug-likeness (QED) is 0.376. The Morgan fingerprint density at radius 2 is 2.27 bits per heavy atom. The number of ether oxygens (including phenoxy) is 1. The molecule has 0 aliphatic heterocycles. The van der Waals surface area contributed by atoms with Gasteiger partial charge in [0.05, 0.1) is 19.3 Å². The highest BCUT2D eigenvalue weighted by Gasteiger charge is 1.90. The first-order chi connectivity index (χ1) is 5.18. The molecular weight excluding hydrogens is 167 g/mol. The van der Waals surface area contributed by atoms with E-state index in [2.05, 4.69) is 6.58 Å². The van der Waals surface area contributed by atoms with Crippen LogP contribution in [-0.4, -0.2) is 29.3 Å². The lowest BCUT2D eigenvalue weighted by Crippen LogP contribution is -2.09. The molecule has 5 heteroatoms. The van der Waals surface area contributed by atoms with Crippen molar-refractivity contribution in [2.75, 3.05) is 13.2 Å². The SMILES string of the molecule is C=CCOCC(C)O.O=[PH+]O. The van der Waals surface area contributed by atoms with Crippen LogP contribution in [0.4, 0.5) is 0 Å². The van der Waals surface area contributed by atoms with Gasteiger partial charge in [0.25, 0.3) is 0 Å². The lowest BCUT2D eigenvalue weighted by Gasteiger charge is -2.01. The van der Waals surface area contributed by atoms with Crippen LogP contribution in [0.1, 0.15) is 6.92 Å². The summed E-state index contributed by atoms with van der Waals surface area (Å²) in [4.78, 5) is 7.04. The molecule has 0 rings (SSSR count). The van der Waals surface area contributed by atoms with Gasteiger partial charge in [-0.3, -0.25) is 0 Å². The second-order valence-corrected chi connectivity index (χ2v) is 1.95. The molecule has 0 amide bonds. The van der Waals surface area contributed by atoms with Gasteiger partial charge in [0, 0.05) is 0 Å². The first-order valence-electron chi connectivity index (χ1n) is 3.07. The van der Waals surface area contributed by atoms with Crippen molar-refractivity contribution in [2.45, 2.75) is 13.0 Å². The fourth-order valence-corrected chi connectivity index (χ4v) is 0.322. The van der Waals surface area contributed by atoms with Crippen LogP contribution < -0.4 is 0 Å². The van der Waals surface area contributed by atoms with Gasteiger partial charge in [-0.25, -0.2) is 0 Å². The Kier molecular flexibility index (Phi) is 15.0. The molecule has 0 fully saturated rings. The summed E-state index contributed by atoms with van der Waals surface area (Å²) < 4.78 is 13.4. The zero-order chi connectivity index (χ0) is 9.11. The molecule has 0 aliphatic carbocycles. The molecule has 0 spiro atoms. The molecule has 2 N–H and O–H groups in total. The minimum absolute atomic E-state index is 0.366. The molecule has 0 aromatic carbocycles. The maximum Gasteiger partial charge on any atom is 0.491 e. The summed E-state index contributed by atoms with van der Waals surface area (Å²) in [6, 6.07) is 0. The van der Waals surface area contributed by atoms with Gasteiger partial charge >= 0.3 is 8.69 Å².